The molecular weight excluding hydrogens is 312 g/mol. The second-order valence-corrected chi connectivity index (χ2v) is 5.34. The number of benzene rings is 1. The normalized spacial score (nSPS) is 10.5. The highest BCUT2D eigenvalue weighted by Crippen LogP contribution is 2.25. The first-order valence-electron chi connectivity index (χ1n) is 6.93. The molecule has 114 valence electrons. The van der Waals surface area contributed by atoms with E-state index < -0.39 is 5.69 Å². The zero-order valence-corrected chi connectivity index (χ0v) is 13.1. The summed E-state index contributed by atoms with van der Waals surface area (Å²) in [4.78, 5) is 20.9. The third kappa shape index (κ3) is 2.77. The average molecular weight is 325 g/mol. The summed E-state index contributed by atoms with van der Waals surface area (Å²) < 4.78 is 1.50. The van der Waals surface area contributed by atoms with Gasteiger partial charge in [0, 0.05) is 16.6 Å². The van der Waals surface area contributed by atoms with Gasteiger partial charge in [-0.15, -0.1) is 6.42 Å². The molecule has 0 aliphatic carbocycles. The Bertz CT molecular complexity index is 988. The summed E-state index contributed by atoms with van der Waals surface area (Å²) in [7, 11) is 0. The first-order chi connectivity index (χ1) is 11.1. The van der Waals surface area contributed by atoms with Crippen molar-refractivity contribution in [1.82, 2.24) is 14.5 Å². The third-order valence-corrected chi connectivity index (χ3v) is 3.67. The fourth-order valence-electron chi connectivity index (χ4n) is 2.41. The number of rotatable bonds is 3. The van der Waals surface area contributed by atoms with E-state index in [1.54, 1.807) is 24.4 Å². The van der Waals surface area contributed by atoms with Crippen molar-refractivity contribution in [2.45, 2.75) is 6.92 Å². The topological polar surface area (TPSA) is 59.8 Å². The molecule has 1 N–H and O–H groups in total. The maximum Gasteiger partial charge on any atom is 0.354 e. The Hall–Kier alpha value is -2.84. The molecule has 3 rings (SSSR count). The van der Waals surface area contributed by atoms with Gasteiger partial charge in [-0.1, -0.05) is 17.5 Å². The minimum atomic E-state index is -0.421. The Morgan fingerprint density at radius 1 is 1.39 bits per heavy atom. The zero-order chi connectivity index (χ0) is 16.4. The lowest BCUT2D eigenvalue weighted by molar-refractivity contribution is 0.936. The first-order valence-corrected chi connectivity index (χ1v) is 7.31. The van der Waals surface area contributed by atoms with Gasteiger partial charge in [-0.3, -0.25) is 9.55 Å². The van der Waals surface area contributed by atoms with Gasteiger partial charge in [0.2, 0.25) is 0 Å². The van der Waals surface area contributed by atoms with Crippen LogP contribution in [-0.4, -0.2) is 21.1 Å². The molecule has 1 aromatic carbocycles. The van der Waals surface area contributed by atoms with Gasteiger partial charge in [-0.2, -0.15) is 4.98 Å². The van der Waals surface area contributed by atoms with Crippen LogP contribution in [0, 0.1) is 19.3 Å². The number of hydrogen-bond donors (Lipinski definition) is 1. The van der Waals surface area contributed by atoms with E-state index in [0.717, 1.165) is 11.1 Å². The van der Waals surface area contributed by atoms with E-state index in [1.807, 2.05) is 19.1 Å². The molecule has 0 spiro atoms. The molecule has 2 heterocycles. The van der Waals surface area contributed by atoms with Crippen molar-refractivity contribution < 1.29 is 0 Å². The molecule has 6 heteroatoms. The number of aryl methyl sites for hydroxylation is 1. The van der Waals surface area contributed by atoms with Crippen molar-refractivity contribution in [2.24, 2.45) is 0 Å². The van der Waals surface area contributed by atoms with Crippen molar-refractivity contribution in [3.63, 3.8) is 0 Å². The Labute approximate surface area is 138 Å². The quantitative estimate of drug-likeness (QED) is 0.753. The molecule has 0 amide bonds. The van der Waals surface area contributed by atoms with Gasteiger partial charge < -0.3 is 5.32 Å². The number of terminal acetylenes is 1. The molecule has 23 heavy (non-hydrogen) atoms. The lowest BCUT2D eigenvalue weighted by atomic mass is 10.2. The van der Waals surface area contributed by atoms with Crippen LogP contribution in [0.3, 0.4) is 0 Å². The molecule has 5 nitrogen and oxygen atoms in total. The maximum atomic E-state index is 12.6. The minimum Gasteiger partial charge on any atom is -0.358 e. The number of fused-ring (bicyclic) bond motifs is 1. The van der Waals surface area contributed by atoms with Crippen LogP contribution in [-0.2, 0) is 0 Å². The van der Waals surface area contributed by atoms with Crippen LogP contribution < -0.4 is 11.0 Å². The standard InChI is InChI=1S/C17H13ClN4O/c1-3-8-20-16-13-7-6-12(18)10-15(13)22(17(23)21-16)14-5-4-9-19-11(14)2/h1,4-7,9-10H,8H2,2H3,(H,20,21,23). The van der Waals surface area contributed by atoms with Gasteiger partial charge in [0.25, 0.3) is 0 Å². The Morgan fingerprint density at radius 3 is 2.96 bits per heavy atom. The van der Waals surface area contributed by atoms with Crippen molar-refractivity contribution in [3.8, 4) is 18.0 Å². The number of nitrogens with zero attached hydrogens (tertiary/aromatic N) is 3. The van der Waals surface area contributed by atoms with E-state index in [9.17, 15) is 4.79 Å². The van der Waals surface area contributed by atoms with E-state index >= 15 is 0 Å². The molecule has 0 saturated carbocycles. The number of halogens is 1. The van der Waals surface area contributed by atoms with Crippen molar-refractivity contribution >= 4 is 28.3 Å². The fourth-order valence-corrected chi connectivity index (χ4v) is 2.58. The fraction of sp³-hybridized carbons (Fsp3) is 0.118. The minimum absolute atomic E-state index is 0.278. The largest absolute Gasteiger partial charge is 0.358 e. The molecule has 3 aromatic rings. The smallest absolute Gasteiger partial charge is 0.354 e. The van der Waals surface area contributed by atoms with Crippen LogP contribution in [0.25, 0.3) is 16.6 Å². The number of pyridine rings is 1. The number of hydrogen-bond acceptors (Lipinski definition) is 4. The molecule has 0 radical (unpaired) electrons. The van der Waals surface area contributed by atoms with Crippen LogP contribution in [0.1, 0.15) is 5.69 Å². The van der Waals surface area contributed by atoms with Crippen LogP contribution >= 0.6 is 11.6 Å². The summed E-state index contributed by atoms with van der Waals surface area (Å²) in [5.74, 6) is 2.91. The summed E-state index contributed by atoms with van der Waals surface area (Å²) in [5, 5.41) is 4.26. The van der Waals surface area contributed by atoms with E-state index in [2.05, 4.69) is 21.2 Å². The SMILES string of the molecule is C#CCNc1nc(=O)n(-c2cccnc2C)c2cc(Cl)ccc12. The van der Waals surface area contributed by atoms with Gasteiger partial charge in [0.15, 0.2) is 0 Å². The number of nitrogens with one attached hydrogen (secondary N) is 1. The monoisotopic (exact) mass is 324 g/mol. The molecule has 2 aromatic heterocycles. The van der Waals surface area contributed by atoms with Crippen LogP contribution in [0.4, 0.5) is 5.82 Å². The Kier molecular flexibility index (Phi) is 4.00. The second-order valence-electron chi connectivity index (χ2n) is 4.91. The molecule has 0 aliphatic rings. The van der Waals surface area contributed by atoms with Crippen molar-refractivity contribution in [3.05, 3.63) is 57.7 Å². The second kappa shape index (κ2) is 6.11. The van der Waals surface area contributed by atoms with Gasteiger partial charge in [0.05, 0.1) is 23.4 Å². The van der Waals surface area contributed by atoms with Crippen LogP contribution in [0.5, 0.6) is 0 Å². The molecule has 0 saturated heterocycles. The lowest BCUT2D eigenvalue weighted by Crippen LogP contribution is -2.24. The lowest BCUT2D eigenvalue weighted by Gasteiger charge is -2.14. The summed E-state index contributed by atoms with van der Waals surface area (Å²) in [6.07, 6.45) is 6.95. The van der Waals surface area contributed by atoms with Crippen LogP contribution in [0.15, 0.2) is 41.3 Å². The summed E-state index contributed by atoms with van der Waals surface area (Å²) in [5.41, 5.74) is 1.62. The van der Waals surface area contributed by atoms with Gasteiger partial charge in [-0.25, -0.2) is 4.79 Å². The molecule has 0 fully saturated rings. The first kappa shape index (κ1) is 15.1. The zero-order valence-electron chi connectivity index (χ0n) is 12.4. The third-order valence-electron chi connectivity index (χ3n) is 3.43. The van der Waals surface area contributed by atoms with E-state index in [0.29, 0.717) is 22.0 Å². The molecule has 0 bridgehead atoms. The summed E-state index contributed by atoms with van der Waals surface area (Å²) in [6.45, 7) is 2.11. The molecule has 0 unspecified atom stereocenters. The molecule has 0 atom stereocenters. The Balaban J connectivity index is 2.38. The predicted molar refractivity (Wildman–Crippen MR) is 92.2 cm³/mol. The molecule has 0 aliphatic heterocycles. The maximum absolute atomic E-state index is 12.6. The number of aromatic nitrogens is 3. The average Bonchev–Trinajstić information content (AvgIpc) is 2.53. The van der Waals surface area contributed by atoms with Gasteiger partial charge in [0.1, 0.15) is 5.82 Å². The highest BCUT2D eigenvalue weighted by Gasteiger charge is 2.13. The highest BCUT2D eigenvalue weighted by molar-refractivity contribution is 6.31. The van der Waals surface area contributed by atoms with E-state index in [-0.39, 0.29) is 6.54 Å². The summed E-state index contributed by atoms with van der Waals surface area (Å²) >= 11 is 6.12. The van der Waals surface area contributed by atoms with Crippen molar-refractivity contribution in [1.29, 1.82) is 0 Å². The van der Waals surface area contributed by atoms with Gasteiger partial charge in [-0.05, 0) is 37.3 Å². The molecular formula is C17H13ClN4O. The van der Waals surface area contributed by atoms with Gasteiger partial charge >= 0.3 is 5.69 Å². The highest BCUT2D eigenvalue weighted by atomic mass is 35.5. The van der Waals surface area contributed by atoms with Crippen LogP contribution in [0.2, 0.25) is 5.02 Å². The Morgan fingerprint density at radius 2 is 2.22 bits per heavy atom. The van der Waals surface area contributed by atoms with E-state index in [1.165, 1.54) is 4.57 Å². The number of anilines is 1. The van der Waals surface area contributed by atoms with E-state index in [4.69, 9.17) is 18.0 Å². The van der Waals surface area contributed by atoms with Crippen molar-refractivity contribution in [2.75, 3.05) is 11.9 Å². The predicted octanol–water partition coefficient (Wildman–Crippen LogP) is 2.79. The summed E-state index contributed by atoms with van der Waals surface area (Å²) in [6, 6.07) is 8.88.